The van der Waals surface area contributed by atoms with E-state index in [1.807, 2.05) is 0 Å². The molecule has 19 heavy (non-hydrogen) atoms. The molecule has 0 aliphatic carbocycles. The van der Waals surface area contributed by atoms with Gasteiger partial charge in [0, 0.05) is 10.7 Å². The molecular weight excluding hydrogens is 337 g/mol. The maximum absolute atomic E-state index is 13.7. The fourth-order valence-electron chi connectivity index (χ4n) is 1.39. The molecule has 0 radical (unpaired) electrons. The van der Waals surface area contributed by atoms with E-state index in [-0.39, 0.29) is 11.4 Å². The van der Waals surface area contributed by atoms with Gasteiger partial charge in [-0.05, 0) is 24.3 Å². The van der Waals surface area contributed by atoms with Gasteiger partial charge in [0.2, 0.25) is 0 Å². The largest absolute Gasteiger partial charge is 0.396 e. The molecule has 0 spiro atoms. The Bertz CT molecular complexity index is 722. The molecule has 100 valence electrons. The number of sulfonamides is 1. The average Bonchev–Trinajstić information content (AvgIpc) is 2.31. The predicted molar refractivity (Wildman–Crippen MR) is 73.6 cm³/mol. The number of hydrogen-bond donors (Lipinski definition) is 2. The molecule has 0 saturated carbocycles. The number of benzene rings is 1. The number of aromatic nitrogens is 1. The van der Waals surface area contributed by atoms with E-state index >= 15 is 0 Å². The number of hydrogen-bond acceptors (Lipinski definition) is 4. The van der Waals surface area contributed by atoms with Gasteiger partial charge < -0.3 is 5.73 Å². The molecule has 1 aromatic heterocycles. The monoisotopic (exact) mass is 345 g/mol. The van der Waals surface area contributed by atoms with E-state index in [9.17, 15) is 12.8 Å². The first kappa shape index (κ1) is 13.8. The van der Waals surface area contributed by atoms with Gasteiger partial charge in [-0.2, -0.15) is 0 Å². The van der Waals surface area contributed by atoms with Crippen molar-refractivity contribution < 1.29 is 12.8 Å². The molecule has 3 N–H and O–H groups in total. The first-order valence-electron chi connectivity index (χ1n) is 5.07. The van der Waals surface area contributed by atoms with Crippen molar-refractivity contribution in [3.05, 3.63) is 46.9 Å². The van der Waals surface area contributed by atoms with Gasteiger partial charge in [0.25, 0.3) is 10.0 Å². The van der Waals surface area contributed by atoms with Gasteiger partial charge in [0.05, 0.1) is 17.6 Å². The van der Waals surface area contributed by atoms with Crippen molar-refractivity contribution in [2.75, 3.05) is 10.5 Å². The van der Waals surface area contributed by atoms with Crippen molar-refractivity contribution in [1.29, 1.82) is 0 Å². The highest BCUT2D eigenvalue weighted by atomic mass is 79.9. The van der Waals surface area contributed by atoms with Crippen LogP contribution in [-0.2, 0) is 10.0 Å². The van der Waals surface area contributed by atoms with Gasteiger partial charge in [0.1, 0.15) is 10.7 Å². The number of nitrogens with one attached hydrogen (secondary N) is 1. The third kappa shape index (κ3) is 3.02. The summed E-state index contributed by atoms with van der Waals surface area (Å²) in [4.78, 5) is 3.28. The number of nitrogen functional groups attached to an aromatic ring is 1. The number of nitrogens with two attached hydrogens (primary N) is 1. The van der Waals surface area contributed by atoms with Crippen LogP contribution in [0.4, 0.5) is 15.8 Å². The molecular formula is C11H9BrFN3O2S. The molecule has 0 aliphatic rings. The standard InChI is InChI=1S/C11H9BrFN3O2S/c12-7-1-2-11(8(13)5-7)19(17,18)16-10-3-4-15-6-9(10)14/h1-6H,14H2,(H,15,16). The molecule has 0 fully saturated rings. The van der Waals surface area contributed by atoms with E-state index in [1.165, 1.54) is 30.6 Å². The maximum atomic E-state index is 13.7. The summed E-state index contributed by atoms with van der Waals surface area (Å²) in [5, 5.41) is 0. The minimum Gasteiger partial charge on any atom is -0.396 e. The van der Waals surface area contributed by atoms with Crippen molar-refractivity contribution in [1.82, 2.24) is 4.98 Å². The van der Waals surface area contributed by atoms with Crippen molar-refractivity contribution >= 4 is 37.3 Å². The number of halogens is 2. The zero-order valence-corrected chi connectivity index (χ0v) is 11.9. The van der Waals surface area contributed by atoms with Crippen LogP contribution in [0.5, 0.6) is 0 Å². The van der Waals surface area contributed by atoms with Gasteiger partial charge in [0.15, 0.2) is 0 Å². The summed E-state index contributed by atoms with van der Waals surface area (Å²) in [6, 6.07) is 5.07. The van der Waals surface area contributed by atoms with Crippen LogP contribution in [0.2, 0.25) is 0 Å². The van der Waals surface area contributed by atoms with Crippen molar-refractivity contribution in [3.63, 3.8) is 0 Å². The van der Waals surface area contributed by atoms with Crippen LogP contribution in [0.3, 0.4) is 0 Å². The highest BCUT2D eigenvalue weighted by Crippen LogP contribution is 2.24. The lowest BCUT2D eigenvalue weighted by Crippen LogP contribution is -2.15. The fraction of sp³-hybridized carbons (Fsp3) is 0. The van der Waals surface area contributed by atoms with E-state index in [4.69, 9.17) is 5.73 Å². The first-order valence-corrected chi connectivity index (χ1v) is 7.35. The van der Waals surface area contributed by atoms with Gasteiger partial charge in [-0.1, -0.05) is 15.9 Å². The molecule has 1 heterocycles. The third-order valence-corrected chi connectivity index (χ3v) is 4.17. The maximum Gasteiger partial charge on any atom is 0.264 e. The van der Waals surface area contributed by atoms with Gasteiger partial charge in [-0.25, -0.2) is 12.8 Å². The second kappa shape index (κ2) is 5.14. The second-order valence-corrected chi connectivity index (χ2v) is 6.21. The molecule has 5 nitrogen and oxygen atoms in total. The first-order chi connectivity index (χ1) is 8.90. The second-order valence-electron chi connectivity index (χ2n) is 3.64. The Morgan fingerprint density at radius 3 is 2.68 bits per heavy atom. The van der Waals surface area contributed by atoms with Gasteiger partial charge >= 0.3 is 0 Å². The Morgan fingerprint density at radius 1 is 1.32 bits per heavy atom. The molecule has 0 atom stereocenters. The van der Waals surface area contributed by atoms with Crippen LogP contribution in [-0.4, -0.2) is 13.4 Å². The summed E-state index contributed by atoms with van der Waals surface area (Å²) in [5.41, 5.74) is 5.88. The van der Waals surface area contributed by atoms with Crippen LogP contribution in [0.1, 0.15) is 0 Å². The molecule has 0 unspecified atom stereocenters. The van der Waals surface area contributed by atoms with Crippen molar-refractivity contribution in [2.45, 2.75) is 4.90 Å². The van der Waals surface area contributed by atoms with Gasteiger partial charge in [-0.3, -0.25) is 9.71 Å². The fourth-order valence-corrected chi connectivity index (χ4v) is 2.87. The molecule has 0 amide bonds. The third-order valence-electron chi connectivity index (χ3n) is 2.28. The van der Waals surface area contributed by atoms with E-state index in [2.05, 4.69) is 25.6 Å². The van der Waals surface area contributed by atoms with Crippen LogP contribution in [0.15, 0.2) is 46.0 Å². The zero-order valence-electron chi connectivity index (χ0n) is 9.47. The Balaban J connectivity index is 2.41. The summed E-state index contributed by atoms with van der Waals surface area (Å²) in [7, 11) is -4.04. The Labute approximate surface area is 117 Å². The highest BCUT2D eigenvalue weighted by molar-refractivity contribution is 9.10. The number of pyridine rings is 1. The lowest BCUT2D eigenvalue weighted by Gasteiger charge is -2.10. The van der Waals surface area contributed by atoms with Crippen molar-refractivity contribution in [2.24, 2.45) is 0 Å². The van der Waals surface area contributed by atoms with Crippen LogP contribution < -0.4 is 10.5 Å². The SMILES string of the molecule is Nc1cnccc1NS(=O)(=O)c1ccc(Br)cc1F. The summed E-state index contributed by atoms with van der Waals surface area (Å²) in [5.74, 6) is -0.852. The minimum atomic E-state index is -4.04. The lowest BCUT2D eigenvalue weighted by atomic mass is 10.3. The van der Waals surface area contributed by atoms with Gasteiger partial charge in [-0.15, -0.1) is 0 Å². The Morgan fingerprint density at radius 2 is 2.05 bits per heavy atom. The predicted octanol–water partition coefficient (Wildman–Crippen LogP) is 2.37. The minimum absolute atomic E-state index is 0.150. The van der Waals surface area contributed by atoms with Crippen LogP contribution in [0.25, 0.3) is 0 Å². The smallest absolute Gasteiger partial charge is 0.264 e. The van der Waals surface area contributed by atoms with Crippen LogP contribution >= 0.6 is 15.9 Å². The number of nitrogens with zero attached hydrogens (tertiary/aromatic N) is 1. The normalized spacial score (nSPS) is 11.3. The van der Waals surface area contributed by atoms with E-state index < -0.39 is 20.7 Å². The molecule has 0 saturated heterocycles. The summed E-state index contributed by atoms with van der Waals surface area (Å²) in [6.07, 6.45) is 2.68. The summed E-state index contributed by atoms with van der Waals surface area (Å²) in [6.45, 7) is 0. The number of rotatable bonds is 3. The molecule has 1 aromatic carbocycles. The van der Waals surface area contributed by atoms with E-state index in [0.717, 1.165) is 6.07 Å². The van der Waals surface area contributed by atoms with E-state index in [0.29, 0.717) is 4.47 Å². The van der Waals surface area contributed by atoms with Crippen LogP contribution in [0, 0.1) is 5.82 Å². The lowest BCUT2D eigenvalue weighted by molar-refractivity contribution is 0.570. The molecule has 0 aliphatic heterocycles. The zero-order chi connectivity index (χ0) is 14.0. The van der Waals surface area contributed by atoms with Crippen molar-refractivity contribution in [3.8, 4) is 0 Å². The Hall–Kier alpha value is -1.67. The molecule has 2 rings (SSSR count). The summed E-state index contributed by atoms with van der Waals surface area (Å²) >= 11 is 3.06. The average molecular weight is 346 g/mol. The highest BCUT2D eigenvalue weighted by Gasteiger charge is 2.20. The number of anilines is 2. The Kier molecular flexibility index (Phi) is 3.72. The topological polar surface area (TPSA) is 85.1 Å². The van der Waals surface area contributed by atoms with E-state index in [1.54, 1.807) is 0 Å². The summed E-state index contributed by atoms with van der Waals surface area (Å²) < 4.78 is 40.4. The quantitative estimate of drug-likeness (QED) is 0.894. The molecule has 0 bridgehead atoms. The molecule has 8 heteroatoms. The molecule has 2 aromatic rings.